The summed E-state index contributed by atoms with van der Waals surface area (Å²) in [5.41, 5.74) is 6.33. The van der Waals surface area contributed by atoms with Gasteiger partial charge in [0.25, 0.3) is 0 Å². The van der Waals surface area contributed by atoms with Crippen molar-refractivity contribution < 1.29 is 4.79 Å². The van der Waals surface area contributed by atoms with Crippen molar-refractivity contribution in [2.45, 2.75) is 64.5 Å². The van der Waals surface area contributed by atoms with Crippen LogP contribution in [0.25, 0.3) is 0 Å². The highest BCUT2D eigenvalue weighted by Gasteiger charge is 2.49. The zero-order chi connectivity index (χ0) is 15.9. The third kappa shape index (κ3) is 4.38. The van der Waals surface area contributed by atoms with Crippen molar-refractivity contribution in [3.63, 3.8) is 0 Å². The Balaban J connectivity index is 0.00000144. The van der Waals surface area contributed by atoms with Gasteiger partial charge in [0.1, 0.15) is 0 Å². The van der Waals surface area contributed by atoms with Crippen molar-refractivity contribution >= 4 is 30.7 Å². The number of nitrogens with zero attached hydrogens (tertiary/aromatic N) is 1. The lowest BCUT2D eigenvalue weighted by Gasteiger charge is -2.43. The zero-order valence-electron chi connectivity index (χ0n) is 15.3. The highest BCUT2D eigenvalue weighted by molar-refractivity contribution is 5.85. The van der Waals surface area contributed by atoms with E-state index in [0.29, 0.717) is 11.8 Å². The topological polar surface area (TPSA) is 58.4 Å². The van der Waals surface area contributed by atoms with E-state index in [-0.39, 0.29) is 48.2 Å². The second-order valence-corrected chi connectivity index (χ2v) is 8.66. The van der Waals surface area contributed by atoms with Gasteiger partial charge in [0.15, 0.2) is 0 Å². The highest BCUT2D eigenvalue weighted by atomic mass is 35.5. The molecule has 3 fully saturated rings. The van der Waals surface area contributed by atoms with Crippen LogP contribution in [-0.2, 0) is 4.79 Å². The van der Waals surface area contributed by atoms with E-state index in [0.717, 1.165) is 25.6 Å². The Morgan fingerprint density at radius 2 is 1.88 bits per heavy atom. The average molecular weight is 380 g/mol. The lowest BCUT2D eigenvalue weighted by Crippen LogP contribution is -2.56. The van der Waals surface area contributed by atoms with Crippen molar-refractivity contribution in [2.75, 3.05) is 19.6 Å². The van der Waals surface area contributed by atoms with Crippen LogP contribution >= 0.6 is 24.8 Å². The summed E-state index contributed by atoms with van der Waals surface area (Å²) in [6, 6.07) is 0.0943. The van der Waals surface area contributed by atoms with Crippen LogP contribution in [0, 0.1) is 23.7 Å². The monoisotopic (exact) mass is 379 g/mol. The molecule has 6 heteroatoms. The first kappa shape index (κ1) is 22.0. The average Bonchev–Trinajstić information content (AvgIpc) is 3.06. The molecule has 3 rings (SSSR count). The van der Waals surface area contributed by atoms with Crippen LogP contribution in [0.1, 0.15) is 52.9 Å². The van der Waals surface area contributed by atoms with Gasteiger partial charge in [-0.05, 0) is 70.3 Å². The van der Waals surface area contributed by atoms with Crippen molar-refractivity contribution in [3.05, 3.63) is 0 Å². The molecule has 5 unspecified atom stereocenters. The molecule has 1 saturated heterocycles. The van der Waals surface area contributed by atoms with Crippen LogP contribution in [0.5, 0.6) is 0 Å². The van der Waals surface area contributed by atoms with Gasteiger partial charge in [-0.25, -0.2) is 0 Å². The predicted molar refractivity (Wildman–Crippen MR) is 104 cm³/mol. The van der Waals surface area contributed by atoms with E-state index in [2.05, 4.69) is 31.0 Å². The molecule has 1 amide bonds. The van der Waals surface area contributed by atoms with Crippen LogP contribution < -0.4 is 11.1 Å². The maximum absolute atomic E-state index is 12.6. The summed E-state index contributed by atoms with van der Waals surface area (Å²) in [4.78, 5) is 15.2. The number of carbonyl (C=O) groups excluding carboxylic acids is 1. The van der Waals surface area contributed by atoms with Crippen molar-refractivity contribution in [2.24, 2.45) is 29.4 Å². The Hall–Kier alpha value is -0.0300. The minimum Gasteiger partial charge on any atom is -0.354 e. The zero-order valence-corrected chi connectivity index (χ0v) is 16.9. The first-order valence-electron chi connectivity index (χ1n) is 9.17. The van der Waals surface area contributed by atoms with Gasteiger partial charge in [-0.1, -0.05) is 6.92 Å². The molecular formula is C18H35Cl2N3O. The number of nitrogens with two attached hydrogens (primary N) is 1. The normalized spacial score (nSPS) is 35.9. The highest BCUT2D eigenvalue weighted by Crippen LogP contribution is 2.47. The predicted octanol–water partition coefficient (Wildman–Crippen LogP) is 2.83. The number of likely N-dealkylation sites (tertiary alicyclic amines) is 1. The smallest absolute Gasteiger partial charge is 0.225 e. The lowest BCUT2D eigenvalue weighted by atomic mass is 9.84. The number of halogens is 2. The molecule has 0 aromatic rings. The molecule has 2 aliphatic carbocycles. The minimum atomic E-state index is 0. The van der Waals surface area contributed by atoms with E-state index in [9.17, 15) is 4.79 Å². The maximum atomic E-state index is 12.6. The van der Waals surface area contributed by atoms with Gasteiger partial charge < -0.3 is 11.1 Å². The molecule has 142 valence electrons. The molecule has 2 bridgehead atoms. The van der Waals surface area contributed by atoms with E-state index < -0.39 is 0 Å². The lowest BCUT2D eigenvalue weighted by molar-refractivity contribution is -0.127. The van der Waals surface area contributed by atoms with Gasteiger partial charge in [0.05, 0.1) is 5.92 Å². The Kier molecular flexibility index (Phi) is 7.86. The van der Waals surface area contributed by atoms with E-state index in [1.54, 1.807) is 0 Å². The number of rotatable bonds is 4. The third-order valence-electron chi connectivity index (χ3n) is 6.49. The number of piperidine rings is 1. The van der Waals surface area contributed by atoms with Crippen LogP contribution in [0.3, 0.4) is 0 Å². The molecule has 4 nitrogen and oxygen atoms in total. The van der Waals surface area contributed by atoms with E-state index in [1.165, 1.54) is 32.1 Å². The van der Waals surface area contributed by atoms with Crippen molar-refractivity contribution in [1.29, 1.82) is 0 Å². The molecule has 24 heavy (non-hydrogen) atoms. The summed E-state index contributed by atoms with van der Waals surface area (Å²) in [6.07, 6.45) is 6.21. The number of hydrogen-bond donors (Lipinski definition) is 2. The van der Waals surface area contributed by atoms with Crippen LogP contribution in [0.4, 0.5) is 0 Å². The fraction of sp³-hybridized carbons (Fsp3) is 0.944. The quantitative estimate of drug-likeness (QED) is 0.789. The summed E-state index contributed by atoms with van der Waals surface area (Å²) in [7, 11) is 0. The van der Waals surface area contributed by atoms with Crippen LogP contribution in [-0.4, -0.2) is 42.0 Å². The minimum absolute atomic E-state index is 0. The molecule has 5 atom stereocenters. The summed E-state index contributed by atoms with van der Waals surface area (Å²) in [6.45, 7) is 9.88. The number of nitrogens with one attached hydrogen (secondary N) is 1. The van der Waals surface area contributed by atoms with Gasteiger partial charge >= 0.3 is 0 Å². The van der Waals surface area contributed by atoms with Gasteiger partial charge in [0.2, 0.25) is 5.91 Å². The maximum Gasteiger partial charge on any atom is 0.225 e. The van der Waals surface area contributed by atoms with E-state index >= 15 is 0 Å². The second kappa shape index (κ2) is 8.57. The molecule has 3 N–H and O–H groups in total. The van der Waals surface area contributed by atoms with Crippen LogP contribution in [0.2, 0.25) is 0 Å². The second-order valence-electron chi connectivity index (χ2n) is 8.66. The molecule has 1 heterocycles. The number of amides is 1. The molecule has 0 aromatic carbocycles. The molecule has 1 aliphatic heterocycles. The molecule has 0 aromatic heterocycles. The number of hydrogen-bond acceptors (Lipinski definition) is 3. The molecule has 3 aliphatic rings. The molecular weight excluding hydrogens is 345 g/mol. The molecule has 0 spiro atoms. The summed E-state index contributed by atoms with van der Waals surface area (Å²) >= 11 is 0. The SMILES string of the molecule is CC1CCCN(C(C)(C)CNC(=O)C2C3CCC(C3)C2N)C1.Cl.Cl. The van der Waals surface area contributed by atoms with E-state index in [1.807, 2.05) is 0 Å². The summed E-state index contributed by atoms with van der Waals surface area (Å²) in [5.74, 6) is 2.17. The van der Waals surface area contributed by atoms with Crippen molar-refractivity contribution in [3.8, 4) is 0 Å². The summed E-state index contributed by atoms with van der Waals surface area (Å²) in [5, 5.41) is 3.23. The Morgan fingerprint density at radius 3 is 2.46 bits per heavy atom. The first-order chi connectivity index (χ1) is 10.4. The Morgan fingerprint density at radius 1 is 1.21 bits per heavy atom. The van der Waals surface area contributed by atoms with E-state index in [4.69, 9.17) is 5.73 Å². The third-order valence-corrected chi connectivity index (χ3v) is 6.49. The first-order valence-corrected chi connectivity index (χ1v) is 9.17. The summed E-state index contributed by atoms with van der Waals surface area (Å²) < 4.78 is 0. The molecule has 2 saturated carbocycles. The standard InChI is InChI=1S/C18H33N3O.2ClH/c1-12-5-4-8-21(10-12)18(2,3)11-20-17(22)15-13-6-7-14(9-13)16(15)19;;/h12-16H,4-11,19H2,1-3H3,(H,20,22);2*1H. The molecule has 0 radical (unpaired) electrons. The number of carbonyl (C=O) groups is 1. The number of fused-ring (bicyclic) bond motifs is 2. The Bertz CT molecular complexity index is 430. The van der Waals surface area contributed by atoms with Gasteiger partial charge in [-0.2, -0.15) is 0 Å². The van der Waals surface area contributed by atoms with Gasteiger partial charge in [0, 0.05) is 24.7 Å². The fourth-order valence-electron chi connectivity index (χ4n) is 5.00. The fourth-order valence-corrected chi connectivity index (χ4v) is 5.00. The van der Waals surface area contributed by atoms with Gasteiger partial charge in [-0.15, -0.1) is 24.8 Å². The largest absolute Gasteiger partial charge is 0.354 e. The van der Waals surface area contributed by atoms with Crippen LogP contribution in [0.15, 0.2) is 0 Å². The van der Waals surface area contributed by atoms with Crippen molar-refractivity contribution in [1.82, 2.24) is 10.2 Å². The Labute approximate surface area is 159 Å². The van der Waals surface area contributed by atoms with Gasteiger partial charge in [-0.3, -0.25) is 9.69 Å².